The van der Waals surface area contributed by atoms with Crippen LogP contribution in [0.25, 0.3) is 0 Å². The zero-order valence-corrected chi connectivity index (χ0v) is 13.5. The Balaban J connectivity index is 1.93. The molecule has 1 heteroatoms. The van der Waals surface area contributed by atoms with Crippen LogP contribution in [0.2, 0.25) is 0 Å². The number of hydrogen-bond donors (Lipinski definition) is 0. The molecule has 0 saturated carbocycles. The average molecular weight is 292 g/mol. The normalized spacial score (nSPS) is 11.5. The largest absolute Gasteiger partial charge is 0.485 e. The smallest absolute Gasteiger partial charge is 0.141 e. The van der Waals surface area contributed by atoms with Crippen molar-refractivity contribution in [3.63, 3.8) is 0 Å². The first-order valence-electron chi connectivity index (χ1n) is 7.87. The van der Waals surface area contributed by atoms with Gasteiger partial charge in [-0.15, -0.1) is 0 Å². The van der Waals surface area contributed by atoms with Gasteiger partial charge in [-0.2, -0.15) is 0 Å². The van der Waals surface area contributed by atoms with Gasteiger partial charge < -0.3 is 4.74 Å². The Hall–Kier alpha value is -2.24. The summed E-state index contributed by atoms with van der Waals surface area (Å²) in [5, 5.41) is 0. The molecule has 0 aliphatic carbocycles. The van der Waals surface area contributed by atoms with Crippen molar-refractivity contribution in [1.82, 2.24) is 0 Å². The van der Waals surface area contributed by atoms with E-state index in [1.807, 2.05) is 6.07 Å². The van der Waals surface area contributed by atoms with Crippen LogP contribution in [-0.2, 0) is 17.8 Å². The topological polar surface area (TPSA) is 9.23 Å². The van der Waals surface area contributed by atoms with E-state index in [1.165, 1.54) is 16.7 Å². The molecule has 0 heterocycles. The van der Waals surface area contributed by atoms with E-state index in [0.29, 0.717) is 12.5 Å². The summed E-state index contributed by atoms with van der Waals surface area (Å²) in [4.78, 5) is 0. The molecule has 1 atom stereocenters. The first-order chi connectivity index (χ1) is 10.7. The van der Waals surface area contributed by atoms with Crippen molar-refractivity contribution in [3.8, 4) is 0 Å². The van der Waals surface area contributed by atoms with Crippen LogP contribution in [0.4, 0.5) is 0 Å². The maximum atomic E-state index is 5.83. The van der Waals surface area contributed by atoms with Crippen LogP contribution in [0.3, 0.4) is 0 Å². The number of ether oxygens (including phenoxy) is 1. The third kappa shape index (κ3) is 4.65. The van der Waals surface area contributed by atoms with E-state index < -0.39 is 0 Å². The molecular formula is C21H24O. The lowest BCUT2D eigenvalue weighted by atomic mass is 10.0. The summed E-state index contributed by atoms with van der Waals surface area (Å²) in [6.45, 7) is 8.57. The number of benzene rings is 2. The van der Waals surface area contributed by atoms with Crippen molar-refractivity contribution in [2.45, 2.75) is 33.3 Å². The van der Waals surface area contributed by atoms with E-state index in [1.54, 1.807) is 0 Å². The Labute approximate surface area is 134 Å². The molecule has 0 aliphatic rings. The average Bonchev–Trinajstić information content (AvgIpc) is 2.57. The Bertz CT molecular complexity index is 619. The lowest BCUT2D eigenvalue weighted by Crippen LogP contribution is -2.02. The van der Waals surface area contributed by atoms with Gasteiger partial charge in [-0.05, 0) is 29.5 Å². The van der Waals surface area contributed by atoms with Gasteiger partial charge in [-0.3, -0.25) is 0 Å². The van der Waals surface area contributed by atoms with Crippen LogP contribution in [0.15, 0.2) is 72.7 Å². The van der Waals surface area contributed by atoms with Crippen molar-refractivity contribution >= 4 is 0 Å². The van der Waals surface area contributed by atoms with Gasteiger partial charge in [0.25, 0.3) is 0 Å². The Morgan fingerprint density at radius 3 is 2.18 bits per heavy atom. The van der Waals surface area contributed by atoms with Gasteiger partial charge in [0.15, 0.2) is 0 Å². The summed E-state index contributed by atoms with van der Waals surface area (Å²) < 4.78 is 5.83. The number of rotatable bonds is 7. The van der Waals surface area contributed by atoms with E-state index in [-0.39, 0.29) is 0 Å². The molecule has 0 N–H and O–H groups in total. The second-order valence-electron chi connectivity index (χ2n) is 5.62. The highest BCUT2D eigenvalue weighted by molar-refractivity contribution is 5.28. The van der Waals surface area contributed by atoms with Crippen molar-refractivity contribution < 1.29 is 4.74 Å². The van der Waals surface area contributed by atoms with Crippen molar-refractivity contribution in [3.05, 3.63) is 89.4 Å². The van der Waals surface area contributed by atoms with Crippen LogP contribution >= 0.6 is 0 Å². The van der Waals surface area contributed by atoms with Crippen LogP contribution in [0.5, 0.6) is 0 Å². The maximum absolute atomic E-state index is 5.83. The van der Waals surface area contributed by atoms with Crippen molar-refractivity contribution in [2.75, 3.05) is 0 Å². The van der Waals surface area contributed by atoms with Crippen LogP contribution in [-0.4, -0.2) is 0 Å². The molecule has 0 spiro atoms. The first-order valence-corrected chi connectivity index (χ1v) is 7.87. The standard InChI is InChI=1S/C21H24O/c1-4-17(3)21(5-2)22-16-20-13-11-19(12-14-20)15-18-9-7-6-8-10-18/h6-14,17H,2,4,15-16H2,1,3H3. The zero-order chi connectivity index (χ0) is 15.8. The van der Waals surface area contributed by atoms with Crippen LogP contribution < -0.4 is 0 Å². The summed E-state index contributed by atoms with van der Waals surface area (Å²) in [5.41, 5.74) is 6.73. The van der Waals surface area contributed by atoms with Crippen molar-refractivity contribution in [1.29, 1.82) is 0 Å². The molecule has 0 fully saturated rings. The van der Waals surface area contributed by atoms with Gasteiger partial charge in [-0.1, -0.05) is 80.8 Å². The fourth-order valence-corrected chi connectivity index (χ4v) is 2.30. The number of allylic oxidation sites excluding steroid dienone is 1. The predicted molar refractivity (Wildman–Crippen MR) is 92.6 cm³/mol. The fourth-order valence-electron chi connectivity index (χ4n) is 2.30. The second kappa shape index (κ2) is 8.26. The van der Waals surface area contributed by atoms with Gasteiger partial charge in [0.2, 0.25) is 0 Å². The van der Waals surface area contributed by atoms with E-state index in [4.69, 9.17) is 4.74 Å². The molecule has 1 nitrogen and oxygen atoms in total. The Morgan fingerprint density at radius 2 is 1.59 bits per heavy atom. The van der Waals surface area contributed by atoms with Gasteiger partial charge in [0.05, 0.1) is 0 Å². The molecule has 2 rings (SSSR count). The quantitative estimate of drug-likeness (QED) is 0.483. The SMILES string of the molecule is C=C=C(OCc1ccc(Cc2ccccc2)cc1)C(C)CC. The Kier molecular flexibility index (Phi) is 6.06. The third-order valence-electron chi connectivity index (χ3n) is 3.90. The molecule has 0 radical (unpaired) electrons. The molecular weight excluding hydrogens is 268 g/mol. The summed E-state index contributed by atoms with van der Waals surface area (Å²) in [6, 6.07) is 19.1. The minimum absolute atomic E-state index is 0.370. The minimum atomic E-state index is 0.370. The lowest BCUT2D eigenvalue weighted by molar-refractivity contribution is 0.168. The van der Waals surface area contributed by atoms with Gasteiger partial charge in [-0.25, -0.2) is 0 Å². The summed E-state index contributed by atoms with van der Waals surface area (Å²) in [5.74, 6) is 1.23. The molecule has 2 aromatic rings. The van der Waals surface area contributed by atoms with E-state index in [9.17, 15) is 0 Å². The summed E-state index contributed by atoms with van der Waals surface area (Å²) in [6.07, 6.45) is 2.00. The lowest BCUT2D eigenvalue weighted by Gasteiger charge is -2.13. The third-order valence-corrected chi connectivity index (χ3v) is 3.90. The Morgan fingerprint density at radius 1 is 1.00 bits per heavy atom. The predicted octanol–water partition coefficient (Wildman–Crippen LogP) is 5.51. The molecule has 1 unspecified atom stereocenters. The number of hydrogen-bond acceptors (Lipinski definition) is 1. The molecule has 114 valence electrons. The summed E-state index contributed by atoms with van der Waals surface area (Å²) in [7, 11) is 0. The van der Waals surface area contributed by atoms with E-state index in [0.717, 1.165) is 18.6 Å². The molecule has 0 amide bonds. The van der Waals surface area contributed by atoms with E-state index in [2.05, 4.69) is 74.7 Å². The van der Waals surface area contributed by atoms with Gasteiger partial charge in [0.1, 0.15) is 12.4 Å². The molecule has 2 aromatic carbocycles. The molecule has 22 heavy (non-hydrogen) atoms. The first kappa shape index (κ1) is 16.1. The molecule has 0 bridgehead atoms. The van der Waals surface area contributed by atoms with Gasteiger partial charge in [0, 0.05) is 5.92 Å². The highest BCUT2D eigenvalue weighted by Gasteiger charge is 2.07. The monoisotopic (exact) mass is 292 g/mol. The minimum Gasteiger partial charge on any atom is -0.485 e. The fraction of sp³-hybridized carbons (Fsp3) is 0.286. The summed E-state index contributed by atoms with van der Waals surface area (Å²) >= 11 is 0. The van der Waals surface area contributed by atoms with E-state index >= 15 is 0 Å². The van der Waals surface area contributed by atoms with Crippen molar-refractivity contribution in [2.24, 2.45) is 5.92 Å². The highest BCUT2D eigenvalue weighted by atomic mass is 16.5. The zero-order valence-electron chi connectivity index (χ0n) is 13.5. The van der Waals surface area contributed by atoms with Crippen LogP contribution in [0, 0.1) is 5.92 Å². The molecule has 0 saturated heterocycles. The molecule has 0 aromatic heterocycles. The highest BCUT2D eigenvalue weighted by Crippen LogP contribution is 2.17. The maximum Gasteiger partial charge on any atom is 0.141 e. The second-order valence-corrected chi connectivity index (χ2v) is 5.62. The molecule has 0 aliphatic heterocycles. The van der Waals surface area contributed by atoms with Crippen LogP contribution in [0.1, 0.15) is 37.0 Å². The van der Waals surface area contributed by atoms with Gasteiger partial charge >= 0.3 is 0 Å².